The van der Waals surface area contributed by atoms with Crippen molar-refractivity contribution in [3.8, 4) is 5.75 Å². The molecule has 0 atom stereocenters. The van der Waals surface area contributed by atoms with Gasteiger partial charge in [0.15, 0.2) is 5.75 Å². The van der Waals surface area contributed by atoms with Gasteiger partial charge in [-0.15, -0.1) is 11.3 Å². The SMILES string of the molecule is Cc1ncsc1C(=O)N1CCOc2c(Cl)cccc21. The van der Waals surface area contributed by atoms with Crippen LogP contribution in [0.5, 0.6) is 5.75 Å². The largest absolute Gasteiger partial charge is 0.488 e. The number of aryl methyl sites for hydroxylation is 1. The maximum atomic E-state index is 12.6. The summed E-state index contributed by atoms with van der Waals surface area (Å²) < 4.78 is 5.54. The van der Waals surface area contributed by atoms with Crippen molar-refractivity contribution in [3.63, 3.8) is 0 Å². The Bertz CT molecular complexity index is 641. The highest BCUT2D eigenvalue weighted by Crippen LogP contribution is 2.38. The minimum absolute atomic E-state index is 0.0492. The molecule has 19 heavy (non-hydrogen) atoms. The third-order valence-corrected chi connectivity index (χ3v) is 4.20. The average molecular weight is 295 g/mol. The van der Waals surface area contributed by atoms with Crippen LogP contribution in [0.4, 0.5) is 5.69 Å². The van der Waals surface area contributed by atoms with Crippen molar-refractivity contribution in [3.05, 3.63) is 39.3 Å². The molecule has 1 aliphatic heterocycles. The Hall–Kier alpha value is -1.59. The van der Waals surface area contributed by atoms with Gasteiger partial charge in [-0.1, -0.05) is 17.7 Å². The third-order valence-electron chi connectivity index (χ3n) is 2.98. The van der Waals surface area contributed by atoms with Gasteiger partial charge in [0.05, 0.1) is 28.5 Å². The van der Waals surface area contributed by atoms with Crippen LogP contribution in [0, 0.1) is 6.92 Å². The number of benzene rings is 1. The fraction of sp³-hybridized carbons (Fsp3) is 0.231. The zero-order valence-corrected chi connectivity index (χ0v) is 11.8. The molecule has 4 nitrogen and oxygen atoms in total. The number of carbonyl (C=O) groups excluding carboxylic acids is 1. The van der Waals surface area contributed by atoms with Crippen molar-refractivity contribution in [1.82, 2.24) is 4.98 Å². The minimum Gasteiger partial charge on any atom is -0.488 e. The second kappa shape index (κ2) is 4.83. The van der Waals surface area contributed by atoms with Crippen molar-refractivity contribution in [2.75, 3.05) is 18.1 Å². The van der Waals surface area contributed by atoms with Crippen molar-refractivity contribution in [2.45, 2.75) is 6.92 Å². The van der Waals surface area contributed by atoms with Crippen LogP contribution in [0.1, 0.15) is 15.4 Å². The maximum Gasteiger partial charge on any atom is 0.270 e. The molecule has 1 aliphatic rings. The van der Waals surface area contributed by atoms with E-state index in [1.165, 1.54) is 11.3 Å². The number of amides is 1. The smallest absolute Gasteiger partial charge is 0.270 e. The van der Waals surface area contributed by atoms with E-state index in [1.807, 2.05) is 19.1 Å². The monoisotopic (exact) mass is 294 g/mol. The van der Waals surface area contributed by atoms with Crippen molar-refractivity contribution in [2.24, 2.45) is 0 Å². The predicted molar refractivity (Wildman–Crippen MR) is 75.5 cm³/mol. The molecular weight excluding hydrogens is 284 g/mol. The Balaban J connectivity index is 2.03. The summed E-state index contributed by atoms with van der Waals surface area (Å²) in [5, 5.41) is 0.524. The zero-order chi connectivity index (χ0) is 13.4. The van der Waals surface area contributed by atoms with Crippen LogP contribution in [-0.4, -0.2) is 24.0 Å². The lowest BCUT2D eigenvalue weighted by Gasteiger charge is -2.29. The van der Waals surface area contributed by atoms with Crippen LogP contribution in [-0.2, 0) is 0 Å². The molecule has 3 rings (SSSR count). The lowest BCUT2D eigenvalue weighted by Crippen LogP contribution is -2.37. The predicted octanol–water partition coefficient (Wildman–Crippen LogP) is 3.14. The third kappa shape index (κ3) is 2.09. The summed E-state index contributed by atoms with van der Waals surface area (Å²) in [5.74, 6) is 0.526. The molecule has 2 aromatic rings. The van der Waals surface area contributed by atoms with Crippen LogP contribution >= 0.6 is 22.9 Å². The Labute approximate surface area is 119 Å². The normalized spacial score (nSPS) is 13.9. The molecule has 0 spiro atoms. The van der Waals surface area contributed by atoms with Crippen molar-refractivity contribution >= 4 is 34.5 Å². The summed E-state index contributed by atoms with van der Waals surface area (Å²) in [6, 6.07) is 5.41. The number of aromatic nitrogens is 1. The molecule has 0 fully saturated rings. The van der Waals surface area contributed by atoms with Crippen LogP contribution in [0.25, 0.3) is 0 Å². The van der Waals surface area contributed by atoms with Gasteiger partial charge in [-0.05, 0) is 19.1 Å². The number of anilines is 1. The first-order valence-corrected chi connectivity index (χ1v) is 7.07. The van der Waals surface area contributed by atoms with E-state index in [4.69, 9.17) is 16.3 Å². The summed E-state index contributed by atoms with van der Waals surface area (Å²) in [4.78, 5) is 19.0. The second-order valence-electron chi connectivity index (χ2n) is 4.16. The highest BCUT2D eigenvalue weighted by Gasteiger charge is 2.27. The molecule has 0 unspecified atom stereocenters. The van der Waals surface area contributed by atoms with Crippen LogP contribution in [0.15, 0.2) is 23.7 Å². The molecule has 0 radical (unpaired) electrons. The van der Waals surface area contributed by atoms with E-state index in [-0.39, 0.29) is 5.91 Å². The number of fused-ring (bicyclic) bond motifs is 1. The number of halogens is 1. The van der Waals surface area contributed by atoms with Gasteiger partial charge in [0.25, 0.3) is 5.91 Å². The number of thiazole rings is 1. The first-order valence-electron chi connectivity index (χ1n) is 5.81. The Morgan fingerprint density at radius 2 is 2.37 bits per heavy atom. The van der Waals surface area contributed by atoms with Gasteiger partial charge < -0.3 is 9.64 Å². The van der Waals surface area contributed by atoms with E-state index >= 15 is 0 Å². The first-order chi connectivity index (χ1) is 9.18. The molecular formula is C13H11ClN2O2S. The van der Waals surface area contributed by atoms with Crippen LogP contribution < -0.4 is 9.64 Å². The molecule has 0 aliphatic carbocycles. The molecule has 1 aromatic heterocycles. The molecule has 2 heterocycles. The highest BCUT2D eigenvalue weighted by atomic mass is 35.5. The Morgan fingerprint density at radius 3 is 3.11 bits per heavy atom. The van der Waals surface area contributed by atoms with Gasteiger partial charge in [-0.2, -0.15) is 0 Å². The number of nitrogens with zero attached hydrogens (tertiary/aromatic N) is 2. The second-order valence-corrected chi connectivity index (χ2v) is 5.42. The fourth-order valence-electron chi connectivity index (χ4n) is 2.05. The lowest BCUT2D eigenvalue weighted by atomic mass is 10.2. The number of hydrogen-bond acceptors (Lipinski definition) is 4. The molecule has 0 bridgehead atoms. The fourth-order valence-corrected chi connectivity index (χ4v) is 3.03. The van der Waals surface area contributed by atoms with Crippen LogP contribution in [0.2, 0.25) is 5.02 Å². The van der Waals surface area contributed by atoms with Crippen molar-refractivity contribution in [1.29, 1.82) is 0 Å². The number of hydrogen-bond donors (Lipinski definition) is 0. The van der Waals surface area contributed by atoms with E-state index in [9.17, 15) is 4.79 Å². The number of ether oxygens (including phenoxy) is 1. The topological polar surface area (TPSA) is 42.4 Å². The van der Waals surface area contributed by atoms with Gasteiger partial charge in [-0.3, -0.25) is 4.79 Å². The van der Waals surface area contributed by atoms with E-state index in [2.05, 4.69) is 4.98 Å². The molecule has 0 saturated heterocycles. The quantitative estimate of drug-likeness (QED) is 0.811. The molecule has 1 amide bonds. The van der Waals surface area contributed by atoms with Gasteiger partial charge in [0, 0.05) is 0 Å². The molecule has 6 heteroatoms. The number of para-hydroxylation sites is 1. The van der Waals surface area contributed by atoms with Gasteiger partial charge in [0.1, 0.15) is 11.5 Å². The number of carbonyl (C=O) groups is 1. The maximum absolute atomic E-state index is 12.6. The Kier molecular flexibility index (Phi) is 3.16. The summed E-state index contributed by atoms with van der Waals surface area (Å²) in [6.45, 7) is 2.80. The lowest BCUT2D eigenvalue weighted by molar-refractivity contribution is 0.0980. The van der Waals surface area contributed by atoms with E-state index in [0.717, 1.165) is 11.4 Å². The molecule has 0 saturated carbocycles. The number of rotatable bonds is 1. The van der Waals surface area contributed by atoms with Gasteiger partial charge in [-0.25, -0.2) is 4.98 Å². The highest BCUT2D eigenvalue weighted by molar-refractivity contribution is 7.12. The Morgan fingerprint density at radius 1 is 1.53 bits per heavy atom. The molecule has 1 aromatic carbocycles. The summed E-state index contributed by atoms with van der Waals surface area (Å²) in [6.07, 6.45) is 0. The molecule has 0 N–H and O–H groups in total. The van der Waals surface area contributed by atoms with E-state index in [0.29, 0.717) is 28.8 Å². The van der Waals surface area contributed by atoms with Crippen molar-refractivity contribution < 1.29 is 9.53 Å². The minimum atomic E-state index is -0.0492. The standard InChI is InChI=1S/C13H11ClN2O2S/c1-8-12(19-7-15-8)13(17)16-5-6-18-11-9(14)3-2-4-10(11)16/h2-4,7H,5-6H2,1H3. The van der Waals surface area contributed by atoms with Gasteiger partial charge >= 0.3 is 0 Å². The van der Waals surface area contributed by atoms with E-state index in [1.54, 1.807) is 16.5 Å². The van der Waals surface area contributed by atoms with Crippen LogP contribution in [0.3, 0.4) is 0 Å². The summed E-state index contributed by atoms with van der Waals surface area (Å²) in [5.41, 5.74) is 3.16. The average Bonchev–Trinajstić information content (AvgIpc) is 2.84. The summed E-state index contributed by atoms with van der Waals surface area (Å²) >= 11 is 7.45. The zero-order valence-electron chi connectivity index (χ0n) is 10.2. The van der Waals surface area contributed by atoms with Gasteiger partial charge in [0.2, 0.25) is 0 Å². The summed E-state index contributed by atoms with van der Waals surface area (Å²) in [7, 11) is 0. The molecule has 98 valence electrons. The van der Waals surface area contributed by atoms with E-state index < -0.39 is 0 Å². The first kappa shape index (κ1) is 12.4.